The summed E-state index contributed by atoms with van der Waals surface area (Å²) in [6, 6.07) is 0. The van der Waals surface area contributed by atoms with Gasteiger partial charge in [0.1, 0.15) is 0 Å². The van der Waals surface area contributed by atoms with Crippen molar-refractivity contribution in [3.63, 3.8) is 0 Å². The van der Waals surface area contributed by atoms with Crippen molar-refractivity contribution in [1.29, 1.82) is 0 Å². The van der Waals surface area contributed by atoms with Gasteiger partial charge >= 0.3 is 0 Å². The maximum Gasteiger partial charge on any atom is 0.0934 e. The van der Waals surface area contributed by atoms with Gasteiger partial charge in [0.25, 0.3) is 0 Å². The van der Waals surface area contributed by atoms with E-state index in [1.165, 1.54) is 11.3 Å². The minimum atomic E-state index is -0.417. The van der Waals surface area contributed by atoms with Crippen molar-refractivity contribution in [3.05, 3.63) is 28.7 Å². The number of aliphatic hydroxyl groups is 1. The summed E-state index contributed by atoms with van der Waals surface area (Å²) >= 11 is 1.47. The predicted octanol–water partition coefficient (Wildman–Crippen LogP) is 2.14. The molecule has 1 N–H and O–H groups in total. The highest BCUT2D eigenvalue weighted by atomic mass is 32.1. The number of rotatable bonds is 3. The third-order valence-corrected chi connectivity index (χ3v) is 2.20. The lowest BCUT2D eigenvalue weighted by Crippen LogP contribution is -1.93. The number of hydrogen-bond donors (Lipinski definition) is 1. The van der Waals surface area contributed by atoms with Gasteiger partial charge in [-0.15, -0.1) is 17.9 Å². The second kappa shape index (κ2) is 3.64. The largest absolute Gasteiger partial charge is 0.387 e. The number of aromatic nitrogens is 1. The monoisotopic (exact) mass is 169 g/mol. The van der Waals surface area contributed by atoms with Gasteiger partial charge in [-0.3, -0.25) is 4.98 Å². The van der Waals surface area contributed by atoms with Gasteiger partial charge in [-0.1, -0.05) is 5.57 Å². The first-order valence-corrected chi connectivity index (χ1v) is 4.29. The molecular formula is C8H11NOS. The Hall–Kier alpha value is -0.670. The molecule has 3 heteroatoms. The SMILES string of the molecule is C=C(C)CC(O)c1cncs1. The normalized spacial score (nSPS) is 12.9. The fourth-order valence-electron chi connectivity index (χ4n) is 0.821. The van der Waals surface area contributed by atoms with E-state index < -0.39 is 6.10 Å². The molecule has 0 fully saturated rings. The molecule has 0 amide bonds. The van der Waals surface area contributed by atoms with Gasteiger partial charge in [-0.2, -0.15) is 0 Å². The number of nitrogens with zero attached hydrogens (tertiary/aromatic N) is 1. The van der Waals surface area contributed by atoms with E-state index in [0.717, 1.165) is 10.5 Å². The molecule has 1 rings (SSSR count). The van der Waals surface area contributed by atoms with Crippen LogP contribution in [-0.4, -0.2) is 10.1 Å². The number of hydrogen-bond acceptors (Lipinski definition) is 3. The zero-order valence-electron chi connectivity index (χ0n) is 6.45. The van der Waals surface area contributed by atoms with Crippen molar-refractivity contribution >= 4 is 11.3 Å². The van der Waals surface area contributed by atoms with Crippen LogP contribution in [0, 0.1) is 0 Å². The van der Waals surface area contributed by atoms with Crippen LogP contribution in [0.4, 0.5) is 0 Å². The summed E-state index contributed by atoms with van der Waals surface area (Å²) in [7, 11) is 0. The second-order valence-corrected chi connectivity index (χ2v) is 3.50. The van der Waals surface area contributed by atoms with Crippen LogP contribution in [-0.2, 0) is 0 Å². The summed E-state index contributed by atoms with van der Waals surface area (Å²) < 4.78 is 0. The molecule has 0 radical (unpaired) electrons. The molecule has 11 heavy (non-hydrogen) atoms. The number of aliphatic hydroxyl groups excluding tert-OH is 1. The summed E-state index contributed by atoms with van der Waals surface area (Å²) in [6.07, 6.45) is 1.90. The second-order valence-electron chi connectivity index (χ2n) is 2.58. The van der Waals surface area contributed by atoms with Crippen molar-refractivity contribution in [1.82, 2.24) is 4.98 Å². The molecule has 1 aromatic rings. The van der Waals surface area contributed by atoms with E-state index in [-0.39, 0.29) is 0 Å². The quantitative estimate of drug-likeness (QED) is 0.703. The van der Waals surface area contributed by atoms with E-state index in [0.29, 0.717) is 6.42 Å². The van der Waals surface area contributed by atoms with Gasteiger partial charge in [0.2, 0.25) is 0 Å². The van der Waals surface area contributed by atoms with Crippen molar-refractivity contribution in [2.45, 2.75) is 19.4 Å². The van der Waals surface area contributed by atoms with Crippen LogP contribution in [0.3, 0.4) is 0 Å². The van der Waals surface area contributed by atoms with Crippen molar-refractivity contribution in [3.8, 4) is 0 Å². The molecule has 1 aromatic heterocycles. The number of thiazole rings is 1. The van der Waals surface area contributed by atoms with Crippen LogP contribution >= 0.6 is 11.3 Å². The zero-order chi connectivity index (χ0) is 8.27. The van der Waals surface area contributed by atoms with Gasteiger partial charge in [0, 0.05) is 6.20 Å². The molecule has 0 aliphatic rings. The van der Waals surface area contributed by atoms with E-state index in [4.69, 9.17) is 0 Å². The summed E-state index contributed by atoms with van der Waals surface area (Å²) in [5, 5.41) is 9.49. The molecule has 0 aliphatic carbocycles. The van der Waals surface area contributed by atoms with Crippen LogP contribution < -0.4 is 0 Å². The average Bonchev–Trinajstić information content (AvgIpc) is 2.35. The average molecular weight is 169 g/mol. The molecule has 1 unspecified atom stereocenters. The smallest absolute Gasteiger partial charge is 0.0934 e. The highest BCUT2D eigenvalue weighted by Gasteiger charge is 2.07. The molecule has 1 heterocycles. The minimum Gasteiger partial charge on any atom is -0.387 e. The summed E-state index contributed by atoms with van der Waals surface area (Å²) in [4.78, 5) is 4.79. The first-order valence-electron chi connectivity index (χ1n) is 3.41. The Bertz CT molecular complexity index is 230. The van der Waals surface area contributed by atoms with Crippen molar-refractivity contribution < 1.29 is 5.11 Å². The zero-order valence-corrected chi connectivity index (χ0v) is 7.27. The summed E-state index contributed by atoms with van der Waals surface area (Å²) in [6.45, 7) is 5.64. The Labute approximate surface area is 70.2 Å². The Morgan fingerprint density at radius 2 is 2.64 bits per heavy atom. The predicted molar refractivity (Wildman–Crippen MR) is 46.5 cm³/mol. The molecule has 0 spiro atoms. The molecule has 0 saturated carbocycles. The fourth-order valence-corrected chi connectivity index (χ4v) is 1.43. The third kappa shape index (κ3) is 2.44. The van der Waals surface area contributed by atoms with Gasteiger partial charge in [0.15, 0.2) is 0 Å². The van der Waals surface area contributed by atoms with E-state index in [1.807, 2.05) is 6.92 Å². The van der Waals surface area contributed by atoms with Crippen LogP contribution in [0.1, 0.15) is 24.3 Å². The molecule has 1 atom stereocenters. The van der Waals surface area contributed by atoms with Crippen molar-refractivity contribution in [2.24, 2.45) is 0 Å². The summed E-state index contributed by atoms with van der Waals surface area (Å²) in [5.41, 5.74) is 2.71. The Kier molecular flexibility index (Phi) is 2.79. The Morgan fingerprint density at radius 1 is 1.91 bits per heavy atom. The highest BCUT2D eigenvalue weighted by Crippen LogP contribution is 2.22. The molecular weight excluding hydrogens is 158 g/mol. The van der Waals surface area contributed by atoms with E-state index in [2.05, 4.69) is 11.6 Å². The first kappa shape index (κ1) is 8.43. The van der Waals surface area contributed by atoms with Gasteiger partial charge in [-0.05, 0) is 13.3 Å². The van der Waals surface area contributed by atoms with Crippen LogP contribution in [0.25, 0.3) is 0 Å². The van der Waals surface area contributed by atoms with Gasteiger partial charge < -0.3 is 5.11 Å². The van der Waals surface area contributed by atoms with E-state index in [1.54, 1.807) is 11.7 Å². The topological polar surface area (TPSA) is 33.1 Å². The summed E-state index contributed by atoms with van der Waals surface area (Å²) in [5.74, 6) is 0. The lowest BCUT2D eigenvalue weighted by Gasteiger charge is -2.05. The highest BCUT2D eigenvalue weighted by molar-refractivity contribution is 7.09. The van der Waals surface area contributed by atoms with Crippen LogP contribution in [0.2, 0.25) is 0 Å². The standard InChI is InChI=1S/C8H11NOS/c1-6(2)3-7(10)8-4-9-5-11-8/h4-5,7,10H,1,3H2,2H3. The first-order chi connectivity index (χ1) is 5.20. The van der Waals surface area contributed by atoms with Crippen molar-refractivity contribution in [2.75, 3.05) is 0 Å². The van der Waals surface area contributed by atoms with Crippen LogP contribution in [0.15, 0.2) is 23.9 Å². The molecule has 2 nitrogen and oxygen atoms in total. The molecule has 0 bridgehead atoms. The van der Waals surface area contributed by atoms with Gasteiger partial charge in [-0.25, -0.2) is 0 Å². The minimum absolute atomic E-state index is 0.417. The molecule has 0 aliphatic heterocycles. The maximum absolute atomic E-state index is 9.49. The van der Waals surface area contributed by atoms with Gasteiger partial charge in [0.05, 0.1) is 16.5 Å². The third-order valence-electron chi connectivity index (χ3n) is 1.32. The fraction of sp³-hybridized carbons (Fsp3) is 0.375. The Balaban J connectivity index is 2.56. The molecule has 60 valence electrons. The molecule has 0 aromatic carbocycles. The molecule has 0 saturated heterocycles. The van der Waals surface area contributed by atoms with Crippen LogP contribution in [0.5, 0.6) is 0 Å². The maximum atomic E-state index is 9.49. The van der Waals surface area contributed by atoms with E-state index in [9.17, 15) is 5.11 Å². The lowest BCUT2D eigenvalue weighted by molar-refractivity contribution is 0.182. The van der Waals surface area contributed by atoms with E-state index >= 15 is 0 Å². The lowest BCUT2D eigenvalue weighted by atomic mass is 10.1. The Morgan fingerprint density at radius 3 is 3.09 bits per heavy atom.